The number of hydrogen-bond donors (Lipinski definition) is 0. The van der Waals surface area contributed by atoms with Gasteiger partial charge >= 0.3 is 0 Å². The van der Waals surface area contributed by atoms with E-state index in [-0.39, 0.29) is 18.4 Å². The van der Waals surface area contributed by atoms with Crippen molar-refractivity contribution in [3.8, 4) is 17.2 Å². The largest absolute Gasteiger partial charge is 0.493 e. The van der Waals surface area contributed by atoms with Gasteiger partial charge in [0.15, 0.2) is 11.5 Å². The van der Waals surface area contributed by atoms with Crippen LogP contribution in [0, 0.1) is 0 Å². The summed E-state index contributed by atoms with van der Waals surface area (Å²) in [5.74, 6) is 0.997. The molecule has 2 aliphatic rings. The molecule has 0 unspecified atom stereocenters. The summed E-state index contributed by atoms with van der Waals surface area (Å²) in [6.45, 7) is 0.539. The maximum atomic E-state index is 13.1. The first-order chi connectivity index (χ1) is 16.0. The van der Waals surface area contributed by atoms with Gasteiger partial charge in [-0.1, -0.05) is 42.2 Å². The van der Waals surface area contributed by atoms with Gasteiger partial charge in [0.1, 0.15) is 10.9 Å². The number of thioether (sulfide) groups is 1. The molecule has 0 radical (unpaired) electrons. The molecule has 33 heavy (non-hydrogen) atoms. The van der Waals surface area contributed by atoms with Crippen molar-refractivity contribution in [3.05, 3.63) is 52.4 Å². The maximum Gasteiger partial charge on any atom is 0.266 e. The fraction of sp³-hybridized carbons (Fsp3) is 0.292. The van der Waals surface area contributed by atoms with Crippen LogP contribution in [0.5, 0.6) is 17.2 Å². The molecule has 0 atom stereocenters. The van der Waals surface area contributed by atoms with Crippen LogP contribution in [0.4, 0.5) is 5.69 Å². The van der Waals surface area contributed by atoms with E-state index in [1.807, 2.05) is 24.3 Å². The van der Waals surface area contributed by atoms with Crippen molar-refractivity contribution in [1.82, 2.24) is 4.90 Å². The van der Waals surface area contributed by atoms with E-state index in [1.54, 1.807) is 23.1 Å². The normalized spacial score (nSPS) is 16.8. The third-order valence-electron chi connectivity index (χ3n) is 5.56. The summed E-state index contributed by atoms with van der Waals surface area (Å²) < 4.78 is 16.5. The Morgan fingerprint density at radius 1 is 1.12 bits per heavy atom. The predicted octanol–water partition coefficient (Wildman–Crippen LogP) is 3.89. The molecular weight excluding hydrogens is 460 g/mol. The number of nitrogens with zero attached hydrogens (tertiary/aromatic N) is 2. The second kappa shape index (κ2) is 9.84. The van der Waals surface area contributed by atoms with Crippen molar-refractivity contribution in [2.45, 2.75) is 12.8 Å². The molecule has 0 saturated carbocycles. The van der Waals surface area contributed by atoms with Crippen LogP contribution in [0.3, 0.4) is 0 Å². The van der Waals surface area contributed by atoms with Crippen LogP contribution in [0.2, 0.25) is 0 Å². The molecule has 2 heterocycles. The summed E-state index contributed by atoms with van der Waals surface area (Å²) in [4.78, 5) is 29.8. The van der Waals surface area contributed by atoms with Gasteiger partial charge in [-0.3, -0.25) is 14.5 Å². The molecule has 1 fully saturated rings. The molecule has 0 N–H and O–H groups in total. The molecule has 0 aliphatic carbocycles. The topological polar surface area (TPSA) is 68.3 Å². The highest BCUT2D eigenvalue weighted by molar-refractivity contribution is 8.26. The van der Waals surface area contributed by atoms with Crippen LogP contribution in [0.1, 0.15) is 17.5 Å². The third-order valence-corrected chi connectivity index (χ3v) is 6.94. The second-order valence-corrected chi connectivity index (χ2v) is 9.18. The highest BCUT2D eigenvalue weighted by Crippen LogP contribution is 2.40. The Labute approximate surface area is 202 Å². The van der Waals surface area contributed by atoms with Crippen LogP contribution >= 0.6 is 24.0 Å². The molecule has 2 aromatic rings. The van der Waals surface area contributed by atoms with Gasteiger partial charge in [-0.05, 0) is 48.2 Å². The Balaban J connectivity index is 1.55. The van der Waals surface area contributed by atoms with Gasteiger partial charge < -0.3 is 19.1 Å². The Morgan fingerprint density at radius 3 is 2.48 bits per heavy atom. The van der Waals surface area contributed by atoms with E-state index >= 15 is 0 Å². The first kappa shape index (κ1) is 23.1. The number of fused-ring (bicyclic) bond motifs is 1. The molecule has 2 aliphatic heterocycles. The molecule has 0 aromatic heterocycles. The van der Waals surface area contributed by atoms with Crippen LogP contribution in [-0.4, -0.2) is 55.5 Å². The van der Waals surface area contributed by atoms with E-state index in [9.17, 15) is 9.59 Å². The highest BCUT2D eigenvalue weighted by atomic mass is 32.2. The first-order valence-corrected chi connectivity index (χ1v) is 11.6. The monoisotopic (exact) mass is 484 g/mol. The fourth-order valence-corrected chi connectivity index (χ4v) is 5.24. The van der Waals surface area contributed by atoms with Crippen LogP contribution in [0.25, 0.3) is 6.08 Å². The lowest BCUT2D eigenvalue weighted by molar-refractivity contribution is -0.127. The van der Waals surface area contributed by atoms with Crippen molar-refractivity contribution in [2.24, 2.45) is 0 Å². The average molecular weight is 485 g/mol. The molecule has 0 spiro atoms. The van der Waals surface area contributed by atoms with Crippen molar-refractivity contribution in [2.75, 3.05) is 39.3 Å². The van der Waals surface area contributed by atoms with Gasteiger partial charge in [0.2, 0.25) is 11.7 Å². The minimum Gasteiger partial charge on any atom is -0.493 e. The lowest BCUT2D eigenvalue weighted by atomic mass is 10.0. The minimum atomic E-state index is -0.294. The molecule has 4 rings (SSSR count). The number of methoxy groups -OCH3 is 3. The third kappa shape index (κ3) is 4.56. The van der Waals surface area contributed by atoms with Crippen LogP contribution < -0.4 is 19.1 Å². The zero-order valence-electron chi connectivity index (χ0n) is 18.6. The smallest absolute Gasteiger partial charge is 0.266 e. The molecule has 0 bridgehead atoms. The van der Waals surface area contributed by atoms with E-state index in [1.165, 1.54) is 38.0 Å². The lowest BCUT2D eigenvalue weighted by Gasteiger charge is -2.30. The minimum absolute atomic E-state index is 0.0917. The molecule has 172 valence electrons. The first-order valence-electron chi connectivity index (χ1n) is 10.4. The van der Waals surface area contributed by atoms with Crippen LogP contribution in [0.15, 0.2) is 41.3 Å². The highest BCUT2D eigenvalue weighted by Gasteiger charge is 2.35. The van der Waals surface area contributed by atoms with Crippen molar-refractivity contribution in [1.29, 1.82) is 0 Å². The van der Waals surface area contributed by atoms with Gasteiger partial charge in [0, 0.05) is 12.2 Å². The van der Waals surface area contributed by atoms with Crippen molar-refractivity contribution in [3.63, 3.8) is 0 Å². The Bertz CT molecular complexity index is 1120. The standard InChI is InChI=1S/C24H24N2O5S2/c1-29-18-11-15(12-19(30-2)22(18)31-3)13-20-23(28)26(24(32)33-20)14-21(27)25-10-6-8-16-7-4-5-9-17(16)25/h4-5,7,9,11-13H,6,8,10,14H2,1-3H3/b20-13-. The van der Waals surface area contributed by atoms with E-state index < -0.39 is 0 Å². The summed E-state index contributed by atoms with van der Waals surface area (Å²) in [6.07, 6.45) is 3.55. The molecule has 1 saturated heterocycles. The zero-order chi connectivity index (χ0) is 23.5. The van der Waals surface area contributed by atoms with E-state index in [0.717, 1.165) is 24.1 Å². The number of carbonyl (C=O) groups excluding carboxylic acids is 2. The number of aryl methyl sites for hydroxylation is 1. The number of thiocarbonyl (C=S) groups is 1. The Morgan fingerprint density at radius 2 is 1.82 bits per heavy atom. The summed E-state index contributed by atoms with van der Waals surface area (Å²) in [5, 5.41) is 0. The molecular formula is C24H24N2O5S2. The van der Waals surface area contributed by atoms with Gasteiger partial charge in [0.25, 0.3) is 5.91 Å². The molecule has 2 amide bonds. The number of hydrogen-bond acceptors (Lipinski definition) is 7. The Hall–Kier alpha value is -3.04. The van der Waals surface area contributed by atoms with Gasteiger partial charge in [-0.25, -0.2) is 0 Å². The van der Waals surface area contributed by atoms with Gasteiger partial charge in [0.05, 0.1) is 26.2 Å². The number of para-hydroxylation sites is 1. The number of benzene rings is 2. The van der Waals surface area contributed by atoms with Crippen molar-refractivity contribution < 1.29 is 23.8 Å². The fourth-order valence-electron chi connectivity index (χ4n) is 3.99. The Kier molecular flexibility index (Phi) is 6.90. The summed E-state index contributed by atoms with van der Waals surface area (Å²) >= 11 is 6.61. The molecule has 9 heteroatoms. The SMILES string of the molecule is COc1cc(/C=C2\SC(=S)N(CC(=O)N3CCCc4ccccc43)C2=O)cc(OC)c1OC. The lowest BCUT2D eigenvalue weighted by Crippen LogP contribution is -2.44. The van der Waals surface area contributed by atoms with Crippen molar-refractivity contribution >= 4 is 51.9 Å². The predicted molar refractivity (Wildman–Crippen MR) is 133 cm³/mol. The molecule has 7 nitrogen and oxygen atoms in total. The summed E-state index contributed by atoms with van der Waals surface area (Å²) in [5.41, 5.74) is 2.75. The molecule has 2 aromatic carbocycles. The number of rotatable bonds is 6. The van der Waals surface area contributed by atoms with E-state index in [0.29, 0.717) is 38.6 Å². The van der Waals surface area contributed by atoms with E-state index in [4.69, 9.17) is 26.4 Å². The summed E-state index contributed by atoms with van der Waals surface area (Å²) in [7, 11) is 4.60. The van der Waals surface area contributed by atoms with Gasteiger partial charge in [-0.2, -0.15) is 0 Å². The average Bonchev–Trinajstić information content (AvgIpc) is 3.10. The maximum absolute atomic E-state index is 13.1. The van der Waals surface area contributed by atoms with Gasteiger partial charge in [-0.15, -0.1) is 0 Å². The zero-order valence-corrected chi connectivity index (χ0v) is 20.3. The number of ether oxygens (including phenoxy) is 3. The number of carbonyl (C=O) groups is 2. The number of amides is 2. The van der Waals surface area contributed by atoms with Crippen LogP contribution in [-0.2, 0) is 16.0 Å². The number of anilines is 1. The quantitative estimate of drug-likeness (QED) is 0.455. The van der Waals surface area contributed by atoms with E-state index in [2.05, 4.69) is 0 Å². The summed E-state index contributed by atoms with van der Waals surface area (Å²) in [6, 6.07) is 11.4. The second-order valence-electron chi connectivity index (χ2n) is 7.50.